The fourth-order valence-electron chi connectivity index (χ4n) is 1.88. The molecular weight excluding hydrogens is 318 g/mol. The van der Waals surface area contributed by atoms with Crippen LogP contribution >= 0.6 is 15.9 Å². The van der Waals surface area contributed by atoms with Gasteiger partial charge in [-0.25, -0.2) is 0 Å². The van der Waals surface area contributed by atoms with Crippen LogP contribution in [0, 0.1) is 5.92 Å². The van der Waals surface area contributed by atoms with Crippen molar-refractivity contribution in [3.8, 4) is 5.75 Å². The second-order valence-corrected chi connectivity index (χ2v) is 5.14. The van der Waals surface area contributed by atoms with E-state index in [4.69, 9.17) is 9.84 Å². The zero-order valence-corrected chi connectivity index (χ0v) is 11.4. The Kier molecular flexibility index (Phi) is 4.06. The number of ether oxygens (including phenoxy) is 1. The van der Waals surface area contributed by atoms with E-state index in [9.17, 15) is 14.7 Å². The van der Waals surface area contributed by atoms with E-state index in [-0.39, 0.29) is 24.5 Å². The molecule has 1 aliphatic heterocycles. The number of rotatable bonds is 3. The number of hydrogen-bond donors (Lipinski definition) is 3. The van der Waals surface area contributed by atoms with Crippen molar-refractivity contribution in [1.82, 2.24) is 5.32 Å². The highest BCUT2D eigenvalue weighted by atomic mass is 79.9. The van der Waals surface area contributed by atoms with Crippen LogP contribution < -0.4 is 5.32 Å². The normalized spacial score (nSPS) is 22.2. The third kappa shape index (κ3) is 3.05. The minimum atomic E-state index is -1.01. The van der Waals surface area contributed by atoms with Gasteiger partial charge in [0.1, 0.15) is 11.7 Å². The monoisotopic (exact) mass is 329 g/mol. The molecule has 0 saturated carbocycles. The zero-order chi connectivity index (χ0) is 14.0. The summed E-state index contributed by atoms with van der Waals surface area (Å²) >= 11 is 3.20. The molecule has 0 spiro atoms. The van der Waals surface area contributed by atoms with Gasteiger partial charge in [-0.3, -0.25) is 9.59 Å². The van der Waals surface area contributed by atoms with Gasteiger partial charge in [0, 0.05) is 4.47 Å². The molecule has 1 aromatic carbocycles. The largest absolute Gasteiger partial charge is 0.507 e. The first-order chi connectivity index (χ1) is 8.99. The van der Waals surface area contributed by atoms with Crippen LogP contribution in [-0.4, -0.2) is 41.3 Å². The van der Waals surface area contributed by atoms with Gasteiger partial charge >= 0.3 is 5.97 Å². The molecule has 2 atom stereocenters. The first kappa shape index (κ1) is 13.8. The molecule has 1 heterocycles. The van der Waals surface area contributed by atoms with Gasteiger partial charge in [0.15, 0.2) is 0 Å². The fourth-order valence-corrected chi connectivity index (χ4v) is 2.24. The summed E-state index contributed by atoms with van der Waals surface area (Å²) < 4.78 is 5.70. The van der Waals surface area contributed by atoms with Gasteiger partial charge in [-0.05, 0) is 18.2 Å². The summed E-state index contributed by atoms with van der Waals surface area (Å²) in [6.45, 7) is 0.224. The average molecular weight is 330 g/mol. The predicted octanol–water partition coefficient (Wildman–Crippen LogP) is 0.984. The summed E-state index contributed by atoms with van der Waals surface area (Å²) in [5.41, 5.74) is 0.0883. The smallest absolute Gasteiger partial charge is 0.311 e. The lowest BCUT2D eigenvalue weighted by Gasteiger charge is -2.16. The highest BCUT2D eigenvalue weighted by Gasteiger charge is 2.35. The molecule has 1 aliphatic rings. The van der Waals surface area contributed by atoms with Crippen LogP contribution in [0.1, 0.15) is 10.4 Å². The number of carbonyl (C=O) groups excluding carboxylic acids is 1. The van der Waals surface area contributed by atoms with E-state index in [1.54, 1.807) is 6.07 Å². The van der Waals surface area contributed by atoms with Crippen LogP contribution in [0.15, 0.2) is 22.7 Å². The molecule has 1 aromatic rings. The lowest BCUT2D eigenvalue weighted by atomic mass is 10.0. The van der Waals surface area contributed by atoms with E-state index >= 15 is 0 Å². The molecule has 6 nitrogen and oxygen atoms in total. The van der Waals surface area contributed by atoms with Gasteiger partial charge in [0.05, 0.1) is 24.8 Å². The molecule has 102 valence electrons. The maximum absolute atomic E-state index is 12.0. The highest BCUT2D eigenvalue weighted by Crippen LogP contribution is 2.22. The molecule has 0 radical (unpaired) electrons. The van der Waals surface area contributed by atoms with E-state index in [1.807, 2.05) is 0 Å². The Balaban J connectivity index is 2.12. The summed E-state index contributed by atoms with van der Waals surface area (Å²) in [4.78, 5) is 23.0. The number of phenols is 1. The third-order valence-corrected chi connectivity index (χ3v) is 3.41. The number of hydrogen-bond acceptors (Lipinski definition) is 4. The molecule has 2 rings (SSSR count). The zero-order valence-electron chi connectivity index (χ0n) is 9.80. The molecule has 1 amide bonds. The Morgan fingerprint density at radius 1 is 1.37 bits per heavy atom. The minimum Gasteiger partial charge on any atom is -0.507 e. The van der Waals surface area contributed by atoms with Crippen LogP contribution in [0.5, 0.6) is 5.75 Å². The summed E-state index contributed by atoms with van der Waals surface area (Å²) in [5, 5.41) is 21.2. The van der Waals surface area contributed by atoms with Gasteiger partial charge in [0.25, 0.3) is 5.91 Å². The number of carbonyl (C=O) groups is 2. The van der Waals surface area contributed by atoms with Crippen molar-refractivity contribution in [3.05, 3.63) is 28.2 Å². The molecule has 0 aliphatic carbocycles. The second kappa shape index (κ2) is 5.58. The summed E-state index contributed by atoms with van der Waals surface area (Å²) in [6.07, 6.45) is 0. The number of carboxylic acids is 1. The molecule has 0 bridgehead atoms. The van der Waals surface area contributed by atoms with Crippen LogP contribution in [-0.2, 0) is 9.53 Å². The standard InChI is InChI=1S/C12H12BrNO5/c13-6-1-2-10(15)7(3-6)11(16)14-9-5-19-4-8(9)12(17)18/h1-3,8-9,15H,4-5H2,(H,14,16)(H,17,18). The fraction of sp³-hybridized carbons (Fsp3) is 0.333. The van der Waals surface area contributed by atoms with Gasteiger partial charge in [-0.1, -0.05) is 15.9 Å². The maximum atomic E-state index is 12.0. The molecule has 3 N–H and O–H groups in total. The number of amides is 1. The number of aromatic hydroxyl groups is 1. The number of aliphatic carboxylic acids is 1. The van der Waals surface area contributed by atoms with Gasteiger partial charge in [-0.2, -0.15) is 0 Å². The van der Waals surface area contributed by atoms with Crippen LogP contribution in [0.2, 0.25) is 0 Å². The number of nitrogens with one attached hydrogen (secondary N) is 1. The van der Waals surface area contributed by atoms with E-state index in [0.717, 1.165) is 0 Å². The highest BCUT2D eigenvalue weighted by molar-refractivity contribution is 9.10. The number of benzene rings is 1. The Hall–Kier alpha value is -1.60. The van der Waals surface area contributed by atoms with E-state index < -0.39 is 23.8 Å². The van der Waals surface area contributed by atoms with Crippen molar-refractivity contribution >= 4 is 27.8 Å². The summed E-state index contributed by atoms with van der Waals surface area (Å²) in [7, 11) is 0. The first-order valence-corrected chi connectivity index (χ1v) is 6.38. The molecule has 2 unspecified atom stereocenters. The topological polar surface area (TPSA) is 95.9 Å². The molecule has 19 heavy (non-hydrogen) atoms. The molecule has 7 heteroatoms. The van der Waals surface area contributed by atoms with Gasteiger partial charge < -0.3 is 20.3 Å². The Bertz CT molecular complexity index is 519. The quantitative estimate of drug-likeness (QED) is 0.768. The molecule has 1 saturated heterocycles. The second-order valence-electron chi connectivity index (χ2n) is 4.22. The average Bonchev–Trinajstić information content (AvgIpc) is 2.80. The van der Waals surface area contributed by atoms with Crippen molar-refractivity contribution in [2.45, 2.75) is 6.04 Å². The van der Waals surface area contributed by atoms with Crippen molar-refractivity contribution in [3.63, 3.8) is 0 Å². The number of halogens is 1. The van der Waals surface area contributed by atoms with E-state index in [1.165, 1.54) is 12.1 Å². The van der Waals surface area contributed by atoms with Crippen molar-refractivity contribution in [2.75, 3.05) is 13.2 Å². The first-order valence-electron chi connectivity index (χ1n) is 5.59. The van der Waals surface area contributed by atoms with Crippen molar-refractivity contribution < 1.29 is 24.5 Å². The predicted molar refractivity (Wildman–Crippen MR) is 69.0 cm³/mol. The van der Waals surface area contributed by atoms with Crippen molar-refractivity contribution in [2.24, 2.45) is 5.92 Å². The van der Waals surface area contributed by atoms with Crippen molar-refractivity contribution in [1.29, 1.82) is 0 Å². The molecule has 0 aromatic heterocycles. The number of phenolic OH excluding ortho intramolecular Hbond substituents is 1. The Labute approximate surface area is 117 Å². The maximum Gasteiger partial charge on any atom is 0.311 e. The van der Waals surface area contributed by atoms with Gasteiger partial charge in [-0.15, -0.1) is 0 Å². The Morgan fingerprint density at radius 3 is 2.79 bits per heavy atom. The SMILES string of the molecule is O=C(NC1COCC1C(=O)O)c1cc(Br)ccc1O. The van der Waals surface area contributed by atoms with Gasteiger partial charge in [0.2, 0.25) is 0 Å². The third-order valence-electron chi connectivity index (χ3n) is 2.92. The Morgan fingerprint density at radius 2 is 2.11 bits per heavy atom. The lowest BCUT2D eigenvalue weighted by molar-refractivity contribution is -0.142. The lowest BCUT2D eigenvalue weighted by Crippen LogP contribution is -2.42. The minimum absolute atomic E-state index is 0.0742. The molecular formula is C12H12BrNO5. The van der Waals surface area contributed by atoms with E-state index in [2.05, 4.69) is 21.2 Å². The molecule has 1 fully saturated rings. The van der Waals surface area contributed by atoms with Crippen LogP contribution in [0.4, 0.5) is 0 Å². The van der Waals surface area contributed by atoms with Crippen LogP contribution in [0.25, 0.3) is 0 Å². The van der Waals surface area contributed by atoms with Crippen LogP contribution in [0.3, 0.4) is 0 Å². The number of carboxylic acid groups (broad SMARTS) is 1. The van der Waals surface area contributed by atoms with E-state index in [0.29, 0.717) is 4.47 Å². The summed E-state index contributed by atoms with van der Waals surface area (Å²) in [6, 6.07) is 3.86. The summed E-state index contributed by atoms with van der Waals surface area (Å²) in [5.74, 6) is -2.47.